The molecule has 0 saturated carbocycles. The van der Waals surface area contributed by atoms with Crippen LogP contribution in [0.2, 0.25) is 0 Å². The van der Waals surface area contributed by atoms with Crippen molar-refractivity contribution in [1.29, 1.82) is 0 Å². The molecule has 98 valence electrons. The molecule has 1 atom stereocenters. The van der Waals surface area contributed by atoms with Crippen molar-refractivity contribution in [2.75, 3.05) is 20.8 Å². The van der Waals surface area contributed by atoms with E-state index in [2.05, 4.69) is 0 Å². The fourth-order valence-corrected chi connectivity index (χ4v) is 2.44. The Labute approximate surface area is 106 Å². The summed E-state index contributed by atoms with van der Waals surface area (Å²) < 4.78 is 10.5. The number of amides is 2. The molecule has 0 bridgehead atoms. The Morgan fingerprint density at radius 2 is 2.06 bits per heavy atom. The van der Waals surface area contributed by atoms with Crippen LogP contribution in [0.4, 0.5) is 4.79 Å². The molecule has 2 rings (SSSR count). The first-order chi connectivity index (χ1) is 8.67. The minimum Gasteiger partial charge on any atom is -0.493 e. The van der Waals surface area contributed by atoms with Crippen molar-refractivity contribution in [3.63, 3.8) is 0 Å². The van der Waals surface area contributed by atoms with Gasteiger partial charge in [0.05, 0.1) is 20.3 Å². The minimum atomic E-state index is -0.368. The molecule has 0 aliphatic carbocycles. The Morgan fingerprint density at radius 3 is 2.67 bits per heavy atom. The summed E-state index contributed by atoms with van der Waals surface area (Å²) >= 11 is 0. The molecule has 1 aliphatic rings. The lowest BCUT2D eigenvalue weighted by Gasteiger charge is -2.23. The summed E-state index contributed by atoms with van der Waals surface area (Å²) in [5.74, 6) is 1.36. The number of benzene rings is 1. The van der Waals surface area contributed by atoms with Crippen molar-refractivity contribution < 1.29 is 14.3 Å². The largest absolute Gasteiger partial charge is 0.493 e. The molecule has 1 aromatic carbocycles. The topological polar surface area (TPSA) is 64.8 Å². The van der Waals surface area contributed by atoms with E-state index in [1.165, 1.54) is 0 Å². The quantitative estimate of drug-likeness (QED) is 0.891. The third-order valence-corrected chi connectivity index (χ3v) is 3.33. The number of hydrogen-bond donors (Lipinski definition) is 1. The maximum Gasteiger partial charge on any atom is 0.315 e. The van der Waals surface area contributed by atoms with Crippen molar-refractivity contribution in [3.8, 4) is 11.5 Å². The Hall–Kier alpha value is -1.91. The number of rotatable bonds is 3. The standard InChI is InChI=1S/C13H18N2O3/c1-17-11-6-5-9(8-12(11)18-2)10-4-3-7-15(10)13(14)16/h5-6,8,10H,3-4,7H2,1-2H3,(H2,14,16)/t10-/m0/s1. The lowest BCUT2D eigenvalue weighted by Crippen LogP contribution is -2.35. The van der Waals surface area contributed by atoms with Gasteiger partial charge in [-0.05, 0) is 30.5 Å². The fourth-order valence-electron chi connectivity index (χ4n) is 2.44. The van der Waals surface area contributed by atoms with Crippen LogP contribution in [-0.2, 0) is 0 Å². The van der Waals surface area contributed by atoms with E-state index in [1.807, 2.05) is 18.2 Å². The van der Waals surface area contributed by atoms with E-state index in [1.54, 1.807) is 19.1 Å². The number of hydrogen-bond acceptors (Lipinski definition) is 3. The third kappa shape index (κ3) is 2.20. The van der Waals surface area contributed by atoms with Crippen molar-refractivity contribution in [2.24, 2.45) is 5.73 Å². The monoisotopic (exact) mass is 250 g/mol. The number of primary amides is 1. The van der Waals surface area contributed by atoms with E-state index in [4.69, 9.17) is 15.2 Å². The van der Waals surface area contributed by atoms with Crippen molar-refractivity contribution in [3.05, 3.63) is 23.8 Å². The highest BCUT2D eigenvalue weighted by Crippen LogP contribution is 2.36. The number of methoxy groups -OCH3 is 2. The second-order valence-electron chi connectivity index (χ2n) is 4.30. The van der Waals surface area contributed by atoms with Gasteiger partial charge in [-0.2, -0.15) is 0 Å². The van der Waals surface area contributed by atoms with Gasteiger partial charge in [0.1, 0.15) is 0 Å². The molecule has 0 spiro atoms. The van der Waals surface area contributed by atoms with Gasteiger partial charge in [-0.3, -0.25) is 0 Å². The smallest absolute Gasteiger partial charge is 0.315 e. The fraction of sp³-hybridized carbons (Fsp3) is 0.462. The predicted octanol–water partition coefficient (Wildman–Crippen LogP) is 1.92. The molecule has 5 nitrogen and oxygen atoms in total. The molecule has 1 aliphatic heterocycles. The summed E-state index contributed by atoms with van der Waals surface area (Å²) in [6, 6.07) is 5.39. The molecular weight excluding hydrogens is 232 g/mol. The zero-order valence-corrected chi connectivity index (χ0v) is 10.7. The highest BCUT2D eigenvalue weighted by molar-refractivity contribution is 5.73. The highest BCUT2D eigenvalue weighted by atomic mass is 16.5. The van der Waals surface area contributed by atoms with Crippen molar-refractivity contribution in [1.82, 2.24) is 4.90 Å². The average molecular weight is 250 g/mol. The molecule has 1 fully saturated rings. The molecule has 2 amide bonds. The van der Waals surface area contributed by atoms with Crippen LogP contribution in [0.15, 0.2) is 18.2 Å². The molecule has 0 unspecified atom stereocenters. The first-order valence-corrected chi connectivity index (χ1v) is 5.95. The third-order valence-electron chi connectivity index (χ3n) is 3.33. The van der Waals surface area contributed by atoms with Gasteiger partial charge in [0, 0.05) is 6.54 Å². The maximum absolute atomic E-state index is 11.4. The number of nitrogens with zero attached hydrogens (tertiary/aromatic N) is 1. The van der Waals surface area contributed by atoms with Crippen molar-refractivity contribution >= 4 is 6.03 Å². The van der Waals surface area contributed by atoms with Crippen LogP contribution < -0.4 is 15.2 Å². The minimum absolute atomic E-state index is 0.0438. The summed E-state index contributed by atoms with van der Waals surface area (Å²) in [6.07, 6.45) is 1.90. The van der Waals surface area contributed by atoms with Gasteiger partial charge < -0.3 is 20.1 Å². The van der Waals surface area contributed by atoms with Crippen molar-refractivity contribution in [2.45, 2.75) is 18.9 Å². The van der Waals surface area contributed by atoms with Crippen LogP contribution in [-0.4, -0.2) is 31.7 Å². The maximum atomic E-state index is 11.4. The second-order valence-corrected chi connectivity index (χ2v) is 4.30. The van der Waals surface area contributed by atoms with Gasteiger partial charge in [-0.15, -0.1) is 0 Å². The SMILES string of the molecule is COc1ccc([C@@H]2CCCN2C(N)=O)cc1OC. The lowest BCUT2D eigenvalue weighted by atomic mass is 10.0. The molecule has 1 saturated heterocycles. The molecule has 18 heavy (non-hydrogen) atoms. The van der Waals surface area contributed by atoms with Crippen LogP contribution in [0.25, 0.3) is 0 Å². The Bertz CT molecular complexity index is 448. The molecule has 0 radical (unpaired) electrons. The number of carbonyl (C=O) groups excluding carboxylic acids is 1. The molecule has 0 aromatic heterocycles. The average Bonchev–Trinajstić information content (AvgIpc) is 2.87. The summed E-state index contributed by atoms with van der Waals surface area (Å²) in [7, 11) is 3.20. The zero-order valence-electron chi connectivity index (χ0n) is 10.7. The summed E-state index contributed by atoms with van der Waals surface area (Å²) in [6.45, 7) is 0.717. The number of likely N-dealkylation sites (tertiary alicyclic amines) is 1. The molecule has 1 aromatic rings. The van der Waals surface area contributed by atoms with Crippen LogP contribution in [0.5, 0.6) is 11.5 Å². The van der Waals surface area contributed by atoms with E-state index in [0.717, 1.165) is 18.4 Å². The van der Waals surface area contributed by atoms with Crippen LogP contribution >= 0.6 is 0 Å². The van der Waals surface area contributed by atoms with Gasteiger partial charge in [0.2, 0.25) is 0 Å². The predicted molar refractivity (Wildman–Crippen MR) is 67.8 cm³/mol. The second kappa shape index (κ2) is 5.16. The lowest BCUT2D eigenvalue weighted by molar-refractivity contribution is 0.203. The Morgan fingerprint density at radius 1 is 1.33 bits per heavy atom. The number of nitrogens with two attached hydrogens (primary N) is 1. The Kier molecular flexibility index (Phi) is 3.60. The first kappa shape index (κ1) is 12.5. The normalized spacial score (nSPS) is 18.8. The molecule has 2 N–H and O–H groups in total. The van der Waals surface area contributed by atoms with E-state index in [0.29, 0.717) is 18.0 Å². The molecular formula is C13H18N2O3. The number of ether oxygens (including phenoxy) is 2. The van der Waals surface area contributed by atoms with Gasteiger partial charge in [0.15, 0.2) is 11.5 Å². The molecule has 5 heteroatoms. The van der Waals surface area contributed by atoms with Gasteiger partial charge in [-0.25, -0.2) is 4.79 Å². The van der Waals surface area contributed by atoms with Gasteiger partial charge in [-0.1, -0.05) is 6.07 Å². The summed E-state index contributed by atoms with van der Waals surface area (Å²) in [5.41, 5.74) is 6.41. The molecule has 1 heterocycles. The van der Waals surface area contributed by atoms with E-state index >= 15 is 0 Å². The number of urea groups is 1. The van der Waals surface area contributed by atoms with Gasteiger partial charge in [0.25, 0.3) is 0 Å². The van der Waals surface area contributed by atoms with Crippen LogP contribution in [0, 0.1) is 0 Å². The van der Waals surface area contributed by atoms with Gasteiger partial charge >= 0.3 is 6.03 Å². The number of carbonyl (C=O) groups is 1. The van der Waals surface area contributed by atoms with E-state index in [9.17, 15) is 4.79 Å². The Balaban J connectivity index is 2.30. The summed E-state index contributed by atoms with van der Waals surface area (Å²) in [5, 5.41) is 0. The van der Waals surface area contributed by atoms with E-state index in [-0.39, 0.29) is 12.1 Å². The highest BCUT2D eigenvalue weighted by Gasteiger charge is 2.29. The zero-order chi connectivity index (χ0) is 13.1. The first-order valence-electron chi connectivity index (χ1n) is 5.95. The van der Waals surface area contributed by atoms with E-state index < -0.39 is 0 Å². The van der Waals surface area contributed by atoms with Crippen LogP contribution in [0.3, 0.4) is 0 Å². The summed E-state index contributed by atoms with van der Waals surface area (Å²) in [4.78, 5) is 13.1. The van der Waals surface area contributed by atoms with Crippen LogP contribution in [0.1, 0.15) is 24.4 Å².